The van der Waals surface area contributed by atoms with Crippen molar-refractivity contribution in [2.45, 2.75) is 83.7 Å². The van der Waals surface area contributed by atoms with Crippen molar-refractivity contribution in [3.8, 4) is 0 Å². The highest BCUT2D eigenvalue weighted by molar-refractivity contribution is 5.87. The first-order chi connectivity index (χ1) is 9.66. The standard InChI is InChI=1S/C18H30O2/c1-14(2)18(19)20-17(16-11-7-4-8-12-16)13-15-9-5-3-6-10-15/h15-17H,1,3-13H2,2H3. The quantitative estimate of drug-likeness (QED) is 0.521. The van der Waals surface area contributed by atoms with E-state index in [9.17, 15) is 4.79 Å². The van der Waals surface area contributed by atoms with Crippen molar-refractivity contribution in [1.29, 1.82) is 0 Å². The van der Waals surface area contributed by atoms with Gasteiger partial charge in [-0.1, -0.05) is 57.9 Å². The number of ether oxygens (including phenoxy) is 1. The first kappa shape index (κ1) is 15.6. The van der Waals surface area contributed by atoms with Crippen LogP contribution in [0.4, 0.5) is 0 Å². The summed E-state index contributed by atoms with van der Waals surface area (Å²) in [6.07, 6.45) is 14.4. The van der Waals surface area contributed by atoms with Gasteiger partial charge in [0.25, 0.3) is 0 Å². The molecular weight excluding hydrogens is 248 g/mol. The minimum Gasteiger partial charge on any atom is -0.459 e. The van der Waals surface area contributed by atoms with Crippen molar-refractivity contribution in [2.24, 2.45) is 11.8 Å². The lowest BCUT2D eigenvalue weighted by Crippen LogP contribution is -2.31. The molecule has 0 spiro atoms. The Labute approximate surface area is 124 Å². The first-order valence-electron chi connectivity index (χ1n) is 8.53. The van der Waals surface area contributed by atoms with E-state index in [0.29, 0.717) is 11.5 Å². The van der Waals surface area contributed by atoms with Crippen molar-refractivity contribution in [2.75, 3.05) is 0 Å². The number of carbonyl (C=O) groups is 1. The van der Waals surface area contributed by atoms with Crippen LogP contribution in [-0.4, -0.2) is 12.1 Å². The van der Waals surface area contributed by atoms with Crippen LogP contribution in [0.2, 0.25) is 0 Å². The predicted octanol–water partition coefficient (Wildman–Crippen LogP) is 5.03. The molecule has 0 aliphatic heterocycles. The number of esters is 1. The molecular formula is C18H30O2. The Balaban J connectivity index is 1.94. The third-order valence-corrected chi connectivity index (χ3v) is 5.07. The van der Waals surface area contributed by atoms with Crippen molar-refractivity contribution in [3.63, 3.8) is 0 Å². The van der Waals surface area contributed by atoms with E-state index in [-0.39, 0.29) is 12.1 Å². The van der Waals surface area contributed by atoms with Crippen LogP contribution in [0.1, 0.15) is 77.6 Å². The van der Waals surface area contributed by atoms with Crippen LogP contribution < -0.4 is 0 Å². The van der Waals surface area contributed by atoms with Crippen LogP contribution in [0.3, 0.4) is 0 Å². The highest BCUT2D eigenvalue weighted by Crippen LogP contribution is 2.35. The van der Waals surface area contributed by atoms with Gasteiger partial charge < -0.3 is 4.74 Å². The largest absolute Gasteiger partial charge is 0.459 e. The van der Waals surface area contributed by atoms with Crippen molar-refractivity contribution in [1.82, 2.24) is 0 Å². The van der Waals surface area contributed by atoms with Gasteiger partial charge in [-0.25, -0.2) is 4.79 Å². The fourth-order valence-electron chi connectivity index (χ4n) is 3.83. The van der Waals surface area contributed by atoms with E-state index in [0.717, 1.165) is 12.3 Å². The maximum absolute atomic E-state index is 11.9. The Morgan fingerprint density at radius 2 is 1.60 bits per heavy atom. The van der Waals surface area contributed by atoms with E-state index >= 15 is 0 Å². The van der Waals surface area contributed by atoms with E-state index in [2.05, 4.69) is 6.58 Å². The monoisotopic (exact) mass is 278 g/mol. The molecule has 2 saturated carbocycles. The summed E-state index contributed by atoms with van der Waals surface area (Å²) in [7, 11) is 0. The molecule has 2 nitrogen and oxygen atoms in total. The van der Waals surface area contributed by atoms with Gasteiger partial charge in [0.2, 0.25) is 0 Å². The van der Waals surface area contributed by atoms with Gasteiger partial charge in [0.15, 0.2) is 0 Å². The average Bonchev–Trinajstić information content (AvgIpc) is 2.48. The molecule has 20 heavy (non-hydrogen) atoms. The Morgan fingerprint density at radius 1 is 1.05 bits per heavy atom. The lowest BCUT2D eigenvalue weighted by Gasteiger charge is -2.33. The third kappa shape index (κ3) is 4.64. The summed E-state index contributed by atoms with van der Waals surface area (Å²) in [6.45, 7) is 5.48. The van der Waals surface area contributed by atoms with E-state index in [1.807, 2.05) is 0 Å². The van der Waals surface area contributed by atoms with Crippen LogP contribution in [0.25, 0.3) is 0 Å². The second-order valence-corrected chi connectivity index (χ2v) is 6.86. The van der Waals surface area contributed by atoms with Crippen molar-refractivity contribution >= 4 is 5.97 Å². The zero-order valence-corrected chi connectivity index (χ0v) is 13.0. The molecule has 114 valence electrons. The maximum atomic E-state index is 11.9. The summed E-state index contributed by atoms with van der Waals surface area (Å²) in [5.74, 6) is 1.18. The van der Waals surface area contributed by atoms with Gasteiger partial charge in [-0.05, 0) is 38.0 Å². The Kier molecular flexibility index (Phi) is 6.12. The zero-order valence-electron chi connectivity index (χ0n) is 13.0. The average molecular weight is 278 g/mol. The summed E-state index contributed by atoms with van der Waals surface area (Å²) in [6, 6.07) is 0. The fraction of sp³-hybridized carbons (Fsp3) is 0.833. The van der Waals surface area contributed by atoms with Crippen molar-refractivity contribution < 1.29 is 9.53 Å². The minimum absolute atomic E-state index is 0.141. The van der Waals surface area contributed by atoms with E-state index < -0.39 is 0 Å². The van der Waals surface area contributed by atoms with Gasteiger partial charge in [0.1, 0.15) is 6.10 Å². The lowest BCUT2D eigenvalue weighted by molar-refractivity contribution is -0.149. The highest BCUT2D eigenvalue weighted by Gasteiger charge is 2.30. The lowest BCUT2D eigenvalue weighted by atomic mass is 9.78. The molecule has 1 unspecified atom stereocenters. The Bertz CT molecular complexity index is 322. The molecule has 0 aromatic rings. The zero-order chi connectivity index (χ0) is 14.4. The van der Waals surface area contributed by atoms with Crippen LogP contribution in [0, 0.1) is 11.8 Å². The molecule has 2 heteroatoms. The molecule has 2 rings (SSSR count). The Hall–Kier alpha value is -0.790. The Morgan fingerprint density at radius 3 is 2.15 bits per heavy atom. The number of hydrogen-bond donors (Lipinski definition) is 0. The highest BCUT2D eigenvalue weighted by atomic mass is 16.5. The van der Waals surface area contributed by atoms with Gasteiger partial charge in [0, 0.05) is 5.57 Å². The summed E-state index contributed by atoms with van der Waals surface area (Å²) in [5.41, 5.74) is 0.537. The molecule has 2 fully saturated rings. The SMILES string of the molecule is C=C(C)C(=O)OC(CC1CCCCC1)C1CCCCC1. The first-order valence-corrected chi connectivity index (χ1v) is 8.53. The van der Waals surface area contributed by atoms with Crippen molar-refractivity contribution in [3.05, 3.63) is 12.2 Å². The summed E-state index contributed by atoms with van der Waals surface area (Å²) >= 11 is 0. The van der Waals surface area contributed by atoms with Gasteiger partial charge in [-0.3, -0.25) is 0 Å². The normalized spacial score (nSPS) is 23.2. The van der Waals surface area contributed by atoms with Gasteiger partial charge in [-0.15, -0.1) is 0 Å². The van der Waals surface area contributed by atoms with Crippen LogP contribution in [0.5, 0.6) is 0 Å². The van der Waals surface area contributed by atoms with E-state index in [1.165, 1.54) is 64.2 Å². The molecule has 1 atom stereocenters. The maximum Gasteiger partial charge on any atom is 0.333 e. The molecule has 2 aliphatic rings. The van der Waals surface area contributed by atoms with Crippen LogP contribution in [0.15, 0.2) is 12.2 Å². The summed E-state index contributed by atoms with van der Waals surface area (Å²) in [4.78, 5) is 11.9. The summed E-state index contributed by atoms with van der Waals surface area (Å²) in [5, 5.41) is 0. The molecule has 0 aromatic heterocycles. The number of rotatable bonds is 5. The van der Waals surface area contributed by atoms with E-state index in [4.69, 9.17) is 4.74 Å². The molecule has 0 aromatic carbocycles. The molecule has 0 heterocycles. The smallest absolute Gasteiger partial charge is 0.333 e. The van der Waals surface area contributed by atoms with Gasteiger partial charge >= 0.3 is 5.97 Å². The molecule has 0 bridgehead atoms. The molecule has 0 radical (unpaired) electrons. The molecule has 2 aliphatic carbocycles. The molecule has 0 N–H and O–H groups in total. The second kappa shape index (κ2) is 7.85. The third-order valence-electron chi connectivity index (χ3n) is 5.07. The topological polar surface area (TPSA) is 26.3 Å². The van der Waals surface area contributed by atoms with Gasteiger partial charge in [-0.2, -0.15) is 0 Å². The predicted molar refractivity (Wildman–Crippen MR) is 82.5 cm³/mol. The fourth-order valence-corrected chi connectivity index (χ4v) is 3.83. The van der Waals surface area contributed by atoms with Crippen LogP contribution >= 0.6 is 0 Å². The summed E-state index contributed by atoms with van der Waals surface area (Å²) < 4.78 is 5.82. The number of carbonyl (C=O) groups excluding carboxylic acids is 1. The van der Waals surface area contributed by atoms with Crippen LogP contribution in [-0.2, 0) is 9.53 Å². The minimum atomic E-state index is -0.184. The molecule has 0 amide bonds. The van der Waals surface area contributed by atoms with E-state index in [1.54, 1.807) is 6.92 Å². The second-order valence-electron chi connectivity index (χ2n) is 6.86. The van der Waals surface area contributed by atoms with Gasteiger partial charge in [0.05, 0.1) is 0 Å². The number of hydrogen-bond acceptors (Lipinski definition) is 2. The molecule has 0 saturated heterocycles.